The lowest BCUT2D eigenvalue weighted by molar-refractivity contribution is 0.158. The zero-order valence-corrected chi connectivity index (χ0v) is 13.2. The molecule has 0 amide bonds. The smallest absolute Gasteiger partial charge is 0.130 e. The highest BCUT2D eigenvalue weighted by Crippen LogP contribution is 2.30. The van der Waals surface area contributed by atoms with Crippen LogP contribution in [0.5, 0.6) is 0 Å². The average Bonchev–Trinajstić information content (AvgIpc) is 2.38. The largest absolute Gasteiger partial charge is 0.314 e. The molecule has 116 valence electrons. The summed E-state index contributed by atoms with van der Waals surface area (Å²) in [5, 5.41) is 3.26. The summed E-state index contributed by atoms with van der Waals surface area (Å²) in [5.41, 5.74) is 0.237. The van der Waals surface area contributed by atoms with E-state index in [4.69, 9.17) is 0 Å². The van der Waals surface area contributed by atoms with Crippen molar-refractivity contribution in [1.82, 2.24) is 10.2 Å². The number of nitrogens with one attached hydrogen (secondary N) is 1. The normalized spacial score (nSPS) is 16.9. The van der Waals surface area contributed by atoms with E-state index in [0.717, 1.165) is 39.0 Å². The fraction of sp³-hybridized carbons (Fsp3) is 0.571. The summed E-state index contributed by atoms with van der Waals surface area (Å²) in [4.78, 5) is 2.18. The first kappa shape index (κ1) is 19.6. The molecule has 1 aromatic rings. The van der Waals surface area contributed by atoms with Gasteiger partial charge in [-0.15, -0.1) is 24.8 Å². The van der Waals surface area contributed by atoms with E-state index in [1.807, 2.05) is 6.92 Å². The van der Waals surface area contributed by atoms with Crippen LogP contribution in [0, 0.1) is 11.6 Å². The van der Waals surface area contributed by atoms with Gasteiger partial charge in [0.2, 0.25) is 0 Å². The number of hydrogen-bond acceptors (Lipinski definition) is 2. The Morgan fingerprint density at radius 3 is 2.20 bits per heavy atom. The van der Waals surface area contributed by atoms with Crippen LogP contribution in [-0.2, 0) is 0 Å². The Balaban J connectivity index is 0.00000180. The lowest BCUT2D eigenvalue weighted by Crippen LogP contribution is -2.45. The SMILES string of the molecule is CCC[C@H](c1c(F)cccc1F)N1CCNCC1.Cl.Cl. The Morgan fingerprint density at radius 1 is 1.15 bits per heavy atom. The van der Waals surface area contributed by atoms with Crippen LogP contribution in [0.2, 0.25) is 0 Å². The molecule has 6 heteroatoms. The van der Waals surface area contributed by atoms with Crippen LogP contribution in [-0.4, -0.2) is 31.1 Å². The van der Waals surface area contributed by atoms with Crippen LogP contribution in [0.15, 0.2) is 18.2 Å². The van der Waals surface area contributed by atoms with Gasteiger partial charge in [0.25, 0.3) is 0 Å². The zero-order valence-electron chi connectivity index (χ0n) is 11.6. The molecule has 2 rings (SSSR count). The van der Waals surface area contributed by atoms with Crippen molar-refractivity contribution in [3.8, 4) is 0 Å². The molecule has 0 spiro atoms. The standard InChI is InChI=1S/C14H20F2N2.2ClH/c1-2-4-13(18-9-7-17-8-10-18)14-11(15)5-3-6-12(14)16;;/h3,5-6,13,17H,2,4,7-10H2,1H3;2*1H/t13-;;/m1../s1. The first-order valence-electron chi connectivity index (χ1n) is 6.62. The van der Waals surface area contributed by atoms with Crippen LogP contribution in [0.4, 0.5) is 8.78 Å². The molecule has 1 atom stereocenters. The Kier molecular flexibility index (Phi) is 9.30. The molecule has 0 saturated carbocycles. The highest BCUT2D eigenvalue weighted by atomic mass is 35.5. The Bertz CT molecular complexity index is 379. The predicted molar refractivity (Wildman–Crippen MR) is 82.9 cm³/mol. The summed E-state index contributed by atoms with van der Waals surface area (Å²) in [7, 11) is 0. The minimum atomic E-state index is -0.424. The summed E-state index contributed by atoms with van der Waals surface area (Å²) >= 11 is 0. The van der Waals surface area contributed by atoms with E-state index in [0.29, 0.717) is 0 Å². The van der Waals surface area contributed by atoms with E-state index in [9.17, 15) is 8.78 Å². The molecular weight excluding hydrogens is 305 g/mol. The Morgan fingerprint density at radius 2 is 1.70 bits per heavy atom. The first-order chi connectivity index (χ1) is 8.74. The number of rotatable bonds is 4. The molecule has 0 aliphatic carbocycles. The van der Waals surface area contributed by atoms with E-state index in [1.165, 1.54) is 18.2 Å². The first-order valence-corrected chi connectivity index (χ1v) is 6.62. The maximum Gasteiger partial charge on any atom is 0.130 e. The van der Waals surface area contributed by atoms with E-state index in [1.54, 1.807) is 0 Å². The second-order valence-corrected chi connectivity index (χ2v) is 4.73. The van der Waals surface area contributed by atoms with Crippen molar-refractivity contribution in [3.63, 3.8) is 0 Å². The molecule has 0 radical (unpaired) electrons. The summed E-state index contributed by atoms with van der Waals surface area (Å²) in [6.07, 6.45) is 1.71. The third kappa shape index (κ3) is 4.55. The zero-order chi connectivity index (χ0) is 13.0. The lowest BCUT2D eigenvalue weighted by atomic mass is 9.98. The van der Waals surface area contributed by atoms with Crippen molar-refractivity contribution in [2.24, 2.45) is 0 Å². The van der Waals surface area contributed by atoms with Crippen LogP contribution in [0.1, 0.15) is 31.4 Å². The van der Waals surface area contributed by atoms with Crippen molar-refractivity contribution in [1.29, 1.82) is 0 Å². The lowest BCUT2D eigenvalue weighted by Gasteiger charge is -2.35. The average molecular weight is 327 g/mol. The summed E-state index contributed by atoms with van der Waals surface area (Å²) < 4.78 is 27.8. The van der Waals surface area contributed by atoms with Crippen molar-refractivity contribution < 1.29 is 8.78 Å². The van der Waals surface area contributed by atoms with Gasteiger partial charge in [0.15, 0.2) is 0 Å². The van der Waals surface area contributed by atoms with Crippen molar-refractivity contribution >= 4 is 24.8 Å². The highest BCUT2D eigenvalue weighted by molar-refractivity contribution is 5.85. The van der Waals surface area contributed by atoms with Crippen LogP contribution < -0.4 is 5.32 Å². The molecule has 20 heavy (non-hydrogen) atoms. The van der Waals surface area contributed by atoms with Gasteiger partial charge in [-0.2, -0.15) is 0 Å². The molecule has 1 aliphatic rings. The van der Waals surface area contributed by atoms with Gasteiger partial charge in [-0.05, 0) is 18.6 Å². The van der Waals surface area contributed by atoms with Gasteiger partial charge in [0.05, 0.1) is 0 Å². The summed E-state index contributed by atoms with van der Waals surface area (Å²) in [6, 6.07) is 3.99. The Hall–Kier alpha value is -0.420. The van der Waals surface area contributed by atoms with Crippen molar-refractivity contribution in [2.75, 3.05) is 26.2 Å². The van der Waals surface area contributed by atoms with Crippen molar-refractivity contribution in [3.05, 3.63) is 35.4 Å². The quantitative estimate of drug-likeness (QED) is 0.910. The number of halogens is 4. The predicted octanol–water partition coefficient (Wildman–Crippen LogP) is 3.55. The maximum absolute atomic E-state index is 13.9. The van der Waals surface area contributed by atoms with Gasteiger partial charge in [0.1, 0.15) is 11.6 Å². The second kappa shape index (κ2) is 9.50. The van der Waals surface area contributed by atoms with Gasteiger partial charge in [-0.3, -0.25) is 4.90 Å². The van der Waals surface area contributed by atoms with Crippen LogP contribution >= 0.6 is 24.8 Å². The van der Waals surface area contributed by atoms with Gasteiger partial charge >= 0.3 is 0 Å². The molecular formula is C14H22Cl2F2N2. The maximum atomic E-state index is 13.9. The molecule has 1 heterocycles. The van der Waals surface area contributed by atoms with Gasteiger partial charge in [-0.1, -0.05) is 19.4 Å². The molecule has 1 saturated heterocycles. The van der Waals surface area contributed by atoms with Gasteiger partial charge < -0.3 is 5.32 Å². The van der Waals surface area contributed by atoms with Gasteiger partial charge in [0, 0.05) is 37.8 Å². The number of hydrogen-bond donors (Lipinski definition) is 1. The van der Waals surface area contributed by atoms with Crippen LogP contribution in [0.3, 0.4) is 0 Å². The second-order valence-electron chi connectivity index (χ2n) is 4.73. The number of nitrogens with zero attached hydrogens (tertiary/aromatic N) is 1. The van der Waals surface area contributed by atoms with Crippen molar-refractivity contribution in [2.45, 2.75) is 25.8 Å². The third-order valence-electron chi connectivity index (χ3n) is 3.49. The number of piperazine rings is 1. The van der Waals surface area contributed by atoms with Gasteiger partial charge in [-0.25, -0.2) is 8.78 Å². The molecule has 1 aliphatic heterocycles. The summed E-state index contributed by atoms with van der Waals surface area (Å²) in [5.74, 6) is -0.848. The van der Waals surface area contributed by atoms with E-state index in [2.05, 4.69) is 10.2 Å². The fourth-order valence-electron chi connectivity index (χ4n) is 2.61. The fourth-order valence-corrected chi connectivity index (χ4v) is 2.61. The topological polar surface area (TPSA) is 15.3 Å². The third-order valence-corrected chi connectivity index (χ3v) is 3.49. The summed E-state index contributed by atoms with van der Waals surface area (Å²) in [6.45, 7) is 5.51. The van der Waals surface area contributed by atoms with E-state index >= 15 is 0 Å². The monoisotopic (exact) mass is 326 g/mol. The van der Waals surface area contributed by atoms with E-state index < -0.39 is 11.6 Å². The molecule has 0 unspecified atom stereocenters. The molecule has 0 bridgehead atoms. The minimum absolute atomic E-state index is 0. The van der Waals surface area contributed by atoms with E-state index in [-0.39, 0.29) is 36.4 Å². The minimum Gasteiger partial charge on any atom is -0.314 e. The molecule has 1 fully saturated rings. The molecule has 0 aromatic heterocycles. The van der Waals surface area contributed by atoms with Crippen LogP contribution in [0.25, 0.3) is 0 Å². The number of benzene rings is 1. The Labute approximate surface area is 131 Å². The molecule has 1 aromatic carbocycles. The molecule has 1 N–H and O–H groups in total. The highest BCUT2D eigenvalue weighted by Gasteiger charge is 2.26. The molecule has 2 nitrogen and oxygen atoms in total.